The number of hydrogen-bond acceptors (Lipinski definition) is 8. The number of hydrogen-bond donors (Lipinski definition) is 3. The summed E-state index contributed by atoms with van der Waals surface area (Å²) in [5.41, 5.74) is 9.87. The fraction of sp³-hybridized carbons (Fsp3) is 0.357. The number of nitrogens with zero attached hydrogens (tertiary/aromatic N) is 4. The highest BCUT2D eigenvalue weighted by Gasteiger charge is 2.14. The van der Waals surface area contributed by atoms with Gasteiger partial charge in [-0.3, -0.25) is 9.59 Å². The summed E-state index contributed by atoms with van der Waals surface area (Å²) in [6.07, 6.45) is 5.63. The van der Waals surface area contributed by atoms with Gasteiger partial charge in [-0.2, -0.15) is 5.10 Å². The van der Waals surface area contributed by atoms with Crippen LogP contribution in [0.15, 0.2) is 64.8 Å². The molecule has 0 saturated heterocycles. The summed E-state index contributed by atoms with van der Waals surface area (Å²) in [5, 5.41) is 24.0. The zero-order valence-corrected chi connectivity index (χ0v) is 22.3. The van der Waals surface area contributed by atoms with Crippen molar-refractivity contribution >= 4 is 39.8 Å². The molecule has 0 fully saturated rings. The molecular formula is C28H33N7O2S. The third-order valence-corrected chi connectivity index (χ3v) is 7.01. The number of aromatic nitrogens is 2. The Balaban J connectivity index is 1.14. The van der Waals surface area contributed by atoms with Crippen molar-refractivity contribution < 1.29 is 9.59 Å². The van der Waals surface area contributed by atoms with Gasteiger partial charge in [-0.1, -0.05) is 65.9 Å². The average Bonchev–Trinajstić information content (AvgIpc) is 3.35. The van der Waals surface area contributed by atoms with Gasteiger partial charge in [-0.25, -0.2) is 0 Å². The maximum Gasteiger partial charge on any atom is 0.230 e. The largest absolute Gasteiger partial charge is 0.324 e. The van der Waals surface area contributed by atoms with Crippen molar-refractivity contribution in [3.05, 3.63) is 76.3 Å². The average molecular weight is 532 g/mol. The minimum Gasteiger partial charge on any atom is -0.324 e. The zero-order chi connectivity index (χ0) is 26.7. The summed E-state index contributed by atoms with van der Waals surface area (Å²) in [7, 11) is 0. The minimum absolute atomic E-state index is 0.0723. The van der Waals surface area contributed by atoms with E-state index in [2.05, 4.69) is 31.0 Å². The molecule has 10 heteroatoms. The van der Waals surface area contributed by atoms with Gasteiger partial charge in [0, 0.05) is 24.6 Å². The smallest absolute Gasteiger partial charge is 0.230 e. The van der Waals surface area contributed by atoms with Crippen LogP contribution in [0, 0.1) is 0 Å². The summed E-state index contributed by atoms with van der Waals surface area (Å²) in [6, 6.07) is 17.3. The monoisotopic (exact) mass is 531 g/mol. The van der Waals surface area contributed by atoms with E-state index in [9.17, 15) is 9.59 Å². The van der Waals surface area contributed by atoms with E-state index in [1.165, 1.54) is 11.3 Å². The number of nitrogens with one attached hydrogen (secondary N) is 2. The van der Waals surface area contributed by atoms with E-state index < -0.39 is 0 Å². The van der Waals surface area contributed by atoms with Gasteiger partial charge in [0.25, 0.3) is 0 Å². The highest BCUT2D eigenvalue weighted by molar-refractivity contribution is 7.15. The molecule has 1 aromatic heterocycles. The van der Waals surface area contributed by atoms with E-state index in [1.54, 1.807) is 0 Å². The van der Waals surface area contributed by atoms with Crippen molar-refractivity contribution in [2.75, 3.05) is 5.32 Å². The number of benzene rings is 2. The summed E-state index contributed by atoms with van der Waals surface area (Å²) in [6.45, 7) is 1.92. The molecule has 1 unspecified atom stereocenters. The molecule has 0 radical (unpaired) electrons. The second kappa shape index (κ2) is 13.7. The van der Waals surface area contributed by atoms with Crippen LogP contribution in [-0.4, -0.2) is 33.6 Å². The lowest BCUT2D eigenvalue weighted by molar-refractivity contribution is -0.119. The molecule has 1 atom stereocenters. The summed E-state index contributed by atoms with van der Waals surface area (Å²) in [5.74, 6) is 0.428. The standard InChI is InChI=1S/C28H33N7O2S/c1-19(29)22-11-7-10-21(16-22)18-26(37)31-28-35-34-27(38-28)13-6-5-12-23-14-15-24(33-32-23)30-25(36)17-20-8-3-2-4-9-20/h2-4,7-11,16,19H,5-6,12-15,17-18,29H2,1H3,(H,30,33,36)(H,31,35,37). The molecule has 2 heterocycles. The number of amides is 2. The number of rotatable bonds is 11. The van der Waals surface area contributed by atoms with E-state index in [-0.39, 0.29) is 24.3 Å². The van der Waals surface area contributed by atoms with E-state index in [1.807, 2.05) is 61.5 Å². The lowest BCUT2D eigenvalue weighted by Gasteiger charge is -2.13. The van der Waals surface area contributed by atoms with Crippen LogP contribution in [0.5, 0.6) is 0 Å². The first-order valence-electron chi connectivity index (χ1n) is 12.9. The Kier molecular flexibility index (Phi) is 9.83. The molecule has 4 rings (SSSR count). The Labute approximate surface area is 226 Å². The molecule has 4 N–H and O–H groups in total. The molecule has 1 aliphatic rings. The van der Waals surface area contributed by atoms with Crippen molar-refractivity contribution in [2.24, 2.45) is 15.9 Å². The van der Waals surface area contributed by atoms with Crippen molar-refractivity contribution in [3.63, 3.8) is 0 Å². The Morgan fingerprint density at radius 1 is 0.895 bits per heavy atom. The Morgan fingerprint density at radius 3 is 2.39 bits per heavy atom. The Morgan fingerprint density at radius 2 is 1.63 bits per heavy atom. The molecule has 2 amide bonds. The van der Waals surface area contributed by atoms with Crippen molar-refractivity contribution in [1.82, 2.24) is 15.5 Å². The minimum atomic E-state index is -0.124. The zero-order valence-electron chi connectivity index (χ0n) is 21.5. The number of nitrogens with two attached hydrogens (primary N) is 1. The predicted molar refractivity (Wildman–Crippen MR) is 151 cm³/mol. The summed E-state index contributed by atoms with van der Waals surface area (Å²) >= 11 is 1.41. The third kappa shape index (κ3) is 8.67. The first-order chi connectivity index (χ1) is 18.4. The normalized spacial score (nSPS) is 13.8. The van der Waals surface area contributed by atoms with Crippen LogP contribution < -0.4 is 16.4 Å². The summed E-state index contributed by atoms with van der Waals surface area (Å²) < 4.78 is 0. The van der Waals surface area contributed by atoms with Gasteiger partial charge in [-0.05, 0) is 49.3 Å². The first kappa shape index (κ1) is 27.3. The molecule has 1 aliphatic heterocycles. The Hall–Kier alpha value is -3.76. The van der Waals surface area contributed by atoms with Crippen LogP contribution in [0.4, 0.5) is 5.13 Å². The van der Waals surface area contributed by atoms with Gasteiger partial charge in [0.1, 0.15) is 10.8 Å². The lowest BCUT2D eigenvalue weighted by Crippen LogP contribution is -2.33. The molecule has 9 nitrogen and oxygen atoms in total. The van der Waals surface area contributed by atoms with Gasteiger partial charge in [-0.15, -0.1) is 15.3 Å². The fourth-order valence-electron chi connectivity index (χ4n) is 4.09. The Bertz CT molecular complexity index is 1300. The van der Waals surface area contributed by atoms with Crippen molar-refractivity contribution in [2.45, 2.75) is 64.3 Å². The number of carbonyl (C=O) groups is 2. The van der Waals surface area contributed by atoms with E-state index in [0.717, 1.165) is 59.5 Å². The van der Waals surface area contributed by atoms with Gasteiger partial charge in [0.05, 0.1) is 12.8 Å². The third-order valence-electron chi connectivity index (χ3n) is 6.11. The molecule has 0 saturated carbocycles. The quantitative estimate of drug-likeness (QED) is 0.316. The second-order valence-corrected chi connectivity index (χ2v) is 10.5. The van der Waals surface area contributed by atoms with Crippen LogP contribution in [0.2, 0.25) is 0 Å². The van der Waals surface area contributed by atoms with Crippen LogP contribution >= 0.6 is 11.3 Å². The number of aryl methyl sites for hydroxylation is 1. The summed E-state index contributed by atoms with van der Waals surface area (Å²) in [4.78, 5) is 24.6. The molecule has 0 spiro atoms. The first-order valence-corrected chi connectivity index (χ1v) is 13.7. The maximum absolute atomic E-state index is 12.4. The van der Waals surface area contributed by atoms with E-state index >= 15 is 0 Å². The molecule has 0 aliphatic carbocycles. The van der Waals surface area contributed by atoms with Crippen molar-refractivity contribution in [3.8, 4) is 0 Å². The molecule has 0 bridgehead atoms. The predicted octanol–water partition coefficient (Wildman–Crippen LogP) is 4.36. The number of anilines is 1. The highest BCUT2D eigenvalue weighted by atomic mass is 32.1. The fourth-order valence-corrected chi connectivity index (χ4v) is 4.89. The SMILES string of the molecule is CC(N)c1cccc(CC(=O)Nc2nnc(CCCCC3=NN=C(NC(=O)Cc4ccccc4)CC3)s2)c1. The number of carbonyl (C=O) groups excluding carboxylic acids is 2. The van der Waals surface area contributed by atoms with Gasteiger partial charge < -0.3 is 16.4 Å². The molecular weight excluding hydrogens is 498 g/mol. The van der Waals surface area contributed by atoms with Crippen LogP contribution in [0.1, 0.15) is 66.8 Å². The van der Waals surface area contributed by atoms with Crippen LogP contribution in [0.25, 0.3) is 0 Å². The number of amidine groups is 1. The molecule has 3 aromatic rings. The van der Waals surface area contributed by atoms with Gasteiger partial charge in [0.2, 0.25) is 16.9 Å². The highest BCUT2D eigenvalue weighted by Crippen LogP contribution is 2.19. The maximum atomic E-state index is 12.4. The van der Waals surface area contributed by atoms with Crippen LogP contribution in [0.3, 0.4) is 0 Å². The molecule has 38 heavy (non-hydrogen) atoms. The van der Waals surface area contributed by atoms with Crippen molar-refractivity contribution in [1.29, 1.82) is 0 Å². The van der Waals surface area contributed by atoms with Crippen LogP contribution in [-0.2, 0) is 28.9 Å². The van der Waals surface area contributed by atoms with Gasteiger partial charge >= 0.3 is 0 Å². The van der Waals surface area contributed by atoms with E-state index in [4.69, 9.17) is 5.73 Å². The molecule has 2 aromatic carbocycles. The topological polar surface area (TPSA) is 135 Å². The number of unbranched alkanes of at least 4 members (excludes halogenated alkanes) is 1. The second-order valence-electron chi connectivity index (χ2n) is 9.39. The van der Waals surface area contributed by atoms with Gasteiger partial charge in [0.15, 0.2) is 0 Å². The molecule has 198 valence electrons. The van der Waals surface area contributed by atoms with E-state index in [0.29, 0.717) is 23.8 Å². The lowest BCUT2D eigenvalue weighted by atomic mass is 10.0.